The summed E-state index contributed by atoms with van der Waals surface area (Å²) in [7, 11) is 3.83. The highest BCUT2D eigenvalue weighted by atomic mass is 16.5. The number of carbonyl (C=O) groups excluding carboxylic acids is 1. The summed E-state index contributed by atoms with van der Waals surface area (Å²) in [5.74, 6) is 0.280. The van der Waals surface area contributed by atoms with E-state index in [1.54, 1.807) is 0 Å². The van der Waals surface area contributed by atoms with Crippen molar-refractivity contribution in [1.29, 1.82) is 0 Å². The molecule has 16 heavy (non-hydrogen) atoms. The number of aromatic amines is 1. The highest BCUT2D eigenvalue weighted by molar-refractivity contribution is 5.87. The number of esters is 1. The van der Waals surface area contributed by atoms with E-state index >= 15 is 0 Å². The van der Waals surface area contributed by atoms with E-state index < -0.39 is 0 Å². The minimum absolute atomic E-state index is 0.307. The number of H-pyrrole nitrogens is 1. The Balaban J connectivity index is 2.57. The van der Waals surface area contributed by atoms with E-state index in [0.29, 0.717) is 5.75 Å². The Kier molecular flexibility index (Phi) is 2.56. The van der Waals surface area contributed by atoms with Crippen LogP contribution in [-0.4, -0.2) is 25.0 Å². The molecule has 0 aliphatic carbocycles. The van der Waals surface area contributed by atoms with Gasteiger partial charge >= 0.3 is 5.97 Å². The number of fused-ring (bicyclic) bond motifs is 1. The van der Waals surface area contributed by atoms with Gasteiger partial charge in [0.2, 0.25) is 0 Å². The van der Waals surface area contributed by atoms with Crippen LogP contribution < -0.4 is 9.64 Å². The van der Waals surface area contributed by atoms with Gasteiger partial charge in [0, 0.05) is 38.1 Å². The van der Waals surface area contributed by atoms with Gasteiger partial charge < -0.3 is 14.6 Å². The van der Waals surface area contributed by atoms with E-state index in [1.807, 2.05) is 43.4 Å². The average Bonchev–Trinajstić information content (AvgIpc) is 2.62. The molecule has 1 heterocycles. The average molecular weight is 218 g/mol. The first-order chi connectivity index (χ1) is 7.58. The van der Waals surface area contributed by atoms with E-state index in [4.69, 9.17) is 4.74 Å². The summed E-state index contributed by atoms with van der Waals surface area (Å²) in [5.41, 5.74) is 1.91. The molecule has 0 unspecified atom stereocenters. The number of anilines is 1. The minimum Gasteiger partial charge on any atom is -0.424 e. The van der Waals surface area contributed by atoms with Gasteiger partial charge in [0.15, 0.2) is 5.75 Å². The van der Waals surface area contributed by atoms with Crippen LogP contribution in [-0.2, 0) is 4.79 Å². The van der Waals surface area contributed by atoms with Crippen molar-refractivity contribution in [3.63, 3.8) is 0 Å². The second-order valence-electron chi connectivity index (χ2n) is 3.87. The zero-order valence-electron chi connectivity index (χ0n) is 9.57. The molecule has 84 valence electrons. The zero-order chi connectivity index (χ0) is 11.7. The van der Waals surface area contributed by atoms with Crippen molar-refractivity contribution in [2.45, 2.75) is 6.92 Å². The van der Waals surface area contributed by atoms with Gasteiger partial charge in [-0.05, 0) is 18.2 Å². The standard InChI is InChI=1S/C12H14N2O2/c1-8(15)16-12-6-9-4-5-13-10(9)7-11(12)14(2)3/h4-7,13H,1-3H3. The molecule has 0 radical (unpaired) electrons. The summed E-state index contributed by atoms with van der Waals surface area (Å²) in [4.78, 5) is 16.1. The summed E-state index contributed by atoms with van der Waals surface area (Å²) < 4.78 is 5.19. The predicted octanol–water partition coefficient (Wildman–Crippen LogP) is 2.16. The second-order valence-corrected chi connectivity index (χ2v) is 3.87. The number of ether oxygens (including phenoxy) is 1. The molecular formula is C12H14N2O2. The van der Waals surface area contributed by atoms with Gasteiger partial charge in [-0.3, -0.25) is 4.79 Å². The van der Waals surface area contributed by atoms with E-state index in [-0.39, 0.29) is 5.97 Å². The maximum Gasteiger partial charge on any atom is 0.308 e. The molecule has 1 N–H and O–H groups in total. The van der Waals surface area contributed by atoms with Crippen LogP contribution in [0.1, 0.15) is 6.92 Å². The van der Waals surface area contributed by atoms with Crippen LogP contribution in [0.4, 0.5) is 5.69 Å². The Bertz CT molecular complexity index is 529. The molecule has 4 heteroatoms. The Hall–Kier alpha value is -1.97. The molecule has 4 nitrogen and oxygen atoms in total. The number of nitrogens with zero attached hydrogens (tertiary/aromatic N) is 1. The summed E-state index contributed by atoms with van der Waals surface area (Å²) in [6.07, 6.45) is 1.86. The van der Waals surface area contributed by atoms with E-state index in [9.17, 15) is 4.79 Å². The number of rotatable bonds is 2. The normalized spacial score (nSPS) is 10.4. The molecule has 0 aliphatic rings. The molecule has 2 rings (SSSR count). The quantitative estimate of drug-likeness (QED) is 0.620. The Morgan fingerprint density at radius 1 is 1.38 bits per heavy atom. The molecule has 0 atom stereocenters. The lowest BCUT2D eigenvalue weighted by Crippen LogP contribution is -2.12. The molecule has 2 aromatic rings. The van der Waals surface area contributed by atoms with Gasteiger partial charge in [-0.25, -0.2) is 0 Å². The summed E-state index contributed by atoms with van der Waals surface area (Å²) in [6.45, 7) is 1.40. The van der Waals surface area contributed by atoms with Crippen molar-refractivity contribution in [3.05, 3.63) is 24.4 Å². The van der Waals surface area contributed by atoms with Crippen molar-refractivity contribution < 1.29 is 9.53 Å². The summed E-state index contributed by atoms with van der Waals surface area (Å²) in [5, 5.41) is 1.03. The molecule has 0 amide bonds. The van der Waals surface area contributed by atoms with Gasteiger partial charge in [0.05, 0.1) is 5.69 Å². The topological polar surface area (TPSA) is 45.3 Å². The third kappa shape index (κ3) is 1.86. The first-order valence-electron chi connectivity index (χ1n) is 5.05. The minimum atomic E-state index is -0.307. The molecule has 0 spiro atoms. The summed E-state index contributed by atoms with van der Waals surface area (Å²) in [6, 6.07) is 5.78. The molecule has 0 fully saturated rings. The van der Waals surface area contributed by atoms with Crippen molar-refractivity contribution in [2.24, 2.45) is 0 Å². The Labute approximate surface area is 93.8 Å². The third-order valence-electron chi connectivity index (χ3n) is 2.37. The van der Waals surface area contributed by atoms with Crippen LogP contribution in [0.5, 0.6) is 5.75 Å². The van der Waals surface area contributed by atoms with Gasteiger partial charge in [0.25, 0.3) is 0 Å². The first-order valence-corrected chi connectivity index (χ1v) is 5.05. The number of benzene rings is 1. The fraction of sp³-hybridized carbons (Fsp3) is 0.250. The lowest BCUT2D eigenvalue weighted by molar-refractivity contribution is -0.131. The molecule has 1 aromatic heterocycles. The smallest absolute Gasteiger partial charge is 0.308 e. The van der Waals surface area contributed by atoms with Gasteiger partial charge in [0.1, 0.15) is 0 Å². The lowest BCUT2D eigenvalue weighted by Gasteiger charge is -2.16. The molecule has 1 aromatic carbocycles. The molecule has 0 aliphatic heterocycles. The highest BCUT2D eigenvalue weighted by Crippen LogP contribution is 2.31. The maximum atomic E-state index is 11.0. The fourth-order valence-corrected chi connectivity index (χ4v) is 1.65. The monoisotopic (exact) mass is 218 g/mol. The van der Waals surface area contributed by atoms with E-state index in [2.05, 4.69) is 4.98 Å². The predicted molar refractivity (Wildman–Crippen MR) is 63.9 cm³/mol. The van der Waals surface area contributed by atoms with Crippen LogP contribution in [0, 0.1) is 0 Å². The molecule has 0 bridgehead atoms. The molecule has 0 saturated carbocycles. The van der Waals surface area contributed by atoms with E-state index in [0.717, 1.165) is 16.6 Å². The fourth-order valence-electron chi connectivity index (χ4n) is 1.65. The van der Waals surface area contributed by atoms with Crippen LogP contribution in [0.25, 0.3) is 10.9 Å². The number of hydrogen-bond acceptors (Lipinski definition) is 3. The Morgan fingerprint density at radius 2 is 2.12 bits per heavy atom. The van der Waals surface area contributed by atoms with Crippen LogP contribution in [0.15, 0.2) is 24.4 Å². The number of nitrogens with one attached hydrogen (secondary N) is 1. The van der Waals surface area contributed by atoms with Crippen molar-refractivity contribution in [3.8, 4) is 5.75 Å². The largest absolute Gasteiger partial charge is 0.424 e. The third-order valence-corrected chi connectivity index (χ3v) is 2.37. The maximum absolute atomic E-state index is 11.0. The summed E-state index contributed by atoms with van der Waals surface area (Å²) >= 11 is 0. The molecule has 0 saturated heterocycles. The first kappa shape index (κ1) is 10.5. The van der Waals surface area contributed by atoms with Crippen molar-refractivity contribution in [2.75, 3.05) is 19.0 Å². The number of aromatic nitrogens is 1. The van der Waals surface area contributed by atoms with Crippen LogP contribution >= 0.6 is 0 Å². The second kappa shape index (κ2) is 3.89. The lowest BCUT2D eigenvalue weighted by atomic mass is 10.2. The van der Waals surface area contributed by atoms with Crippen LogP contribution in [0.3, 0.4) is 0 Å². The number of hydrogen-bond donors (Lipinski definition) is 1. The van der Waals surface area contributed by atoms with Gasteiger partial charge in [-0.15, -0.1) is 0 Å². The number of carbonyl (C=O) groups is 1. The van der Waals surface area contributed by atoms with Crippen LogP contribution in [0.2, 0.25) is 0 Å². The SMILES string of the molecule is CC(=O)Oc1cc2cc[nH]c2cc1N(C)C. The van der Waals surface area contributed by atoms with Gasteiger partial charge in [-0.1, -0.05) is 0 Å². The van der Waals surface area contributed by atoms with Gasteiger partial charge in [-0.2, -0.15) is 0 Å². The van der Waals surface area contributed by atoms with Crippen molar-refractivity contribution >= 4 is 22.6 Å². The Morgan fingerprint density at radius 3 is 2.75 bits per heavy atom. The van der Waals surface area contributed by atoms with Crippen molar-refractivity contribution in [1.82, 2.24) is 4.98 Å². The van der Waals surface area contributed by atoms with E-state index in [1.165, 1.54) is 6.92 Å². The molecular weight excluding hydrogens is 204 g/mol. The highest BCUT2D eigenvalue weighted by Gasteiger charge is 2.10. The zero-order valence-corrected chi connectivity index (χ0v) is 9.57.